The Morgan fingerprint density at radius 1 is 1.12 bits per heavy atom. The van der Waals surface area contributed by atoms with E-state index in [-0.39, 0.29) is 30.2 Å². The predicted octanol–water partition coefficient (Wildman–Crippen LogP) is 3.74. The normalized spacial score (nSPS) is 15.8. The third-order valence-corrected chi connectivity index (χ3v) is 8.58. The van der Waals surface area contributed by atoms with Crippen LogP contribution in [0.1, 0.15) is 36.6 Å². The largest absolute Gasteiger partial charge is 0.347 e. The molecule has 6 rings (SSSR count). The number of carbonyl (C=O) groups excluding carboxylic acids is 3. The van der Waals surface area contributed by atoms with Gasteiger partial charge in [0, 0.05) is 51.1 Å². The molecule has 11 heteroatoms. The number of nitrogens with one attached hydrogen (secondary N) is 1. The van der Waals surface area contributed by atoms with Crippen molar-refractivity contribution in [1.29, 1.82) is 0 Å². The highest BCUT2D eigenvalue weighted by Crippen LogP contribution is 2.44. The van der Waals surface area contributed by atoms with Crippen molar-refractivity contribution in [1.82, 2.24) is 29.5 Å². The number of anilines is 1. The highest BCUT2D eigenvalue weighted by atomic mass is 32.1. The first-order valence-corrected chi connectivity index (χ1v) is 14.5. The van der Waals surface area contributed by atoms with Crippen LogP contribution in [-0.2, 0) is 33.6 Å². The third kappa shape index (κ3) is 5.13. The first-order chi connectivity index (χ1) is 19.8. The number of carbonyl (C=O) groups is 3. The van der Waals surface area contributed by atoms with E-state index >= 15 is 0 Å². The molecule has 0 bridgehead atoms. The van der Waals surface area contributed by atoms with Crippen molar-refractivity contribution in [3.8, 4) is 27.5 Å². The minimum atomic E-state index is -0.380. The van der Waals surface area contributed by atoms with E-state index in [0.29, 0.717) is 18.1 Å². The van der Waals surface area contributed by atoms with Crippen LogP contribution in [0.5, 0.6) is 0 Å². The van der Waals surface area contributed by atoms with Crippen LogP contribution in [-0.4, -0.2) is 74.0 Å². The summed E-state index contributed by atoms with van der Waals surface area (Å²) in [5.74, 6) is -0.217. The number of thiazole rings is 1. The van der Waals surface area contributed by atoms with Gasteiger partial charge >= 0.3 is 0 Å². The molecule has 0 saturated carbocycles. The van der Waals surface area contributed by atoms with Gasteiger partial charge in [-0.3, -0.25) is 19.4 Å². The molecule has 1 atom stereocenters. The number of nitrogens with zero attached hydrogens (tertiary/aromatic N) is 6. The Kier molecular flexibility index (Phi) is 7.12. The summed E-state index contributed by atoms with van der Waals surface area (Å²) in [6, 6.07) is 11.4. The van der Waals surface area contributed by atoms with Gasteiger partial charge in [0.05, 0.1) is 34.1 Å². The average molecular weight is 570 g/mol. The maximum atomic E-state index is 13.2. The number of aryl methyl sites for hydroxylation is 1. The molecule has 1 saturated heterocycles. The van der Waals surface area contributed by atoms with Gasteiger partial charge in [-0.1, -0.05) is 23.5 Å². The summed E-state index contributed by atoms with van der Waals surface area (Å²) in [7, 11) is 3.46. The first-order valence-electron chi connectivity index (χ1n) is 13.7. The summed E-state index contributed by atoms with van der Waals surface area (Å²) in [6.07, 6.45) is 6.86. The molecule has 1 aliphatic carbocycles. The molecule has 2 aliphatic rings. The van der Waals surface area contributed by atoms with Crippen molar-refractivity contribution in [2.45, 2.75) is 45.1 Å². The fourth-order valence-corrected chi connectivity index (χ4v) is 6.76. The van der Waals surface area contributed by atoms with Gasteiger partial charge < -0.3 is 15.1 Å². The summed E-state index contributed by atoms with van der Waals surface area (Å²) >= 11 is 1.45. The molecule has 3 amide bonds. The molecule has 1 aliphatic heterocycles. The van der Waals surface area contributed by atoms with E-state index in [1.165, 1.54) is 18.3 Å². The molecule has 1 fully saturated rings. The zero-order chi connectivity index (χ0) is 28.7. The second kappa shape index (κ2) is 10.9. The zero-order valence-corrected chi connectivity index (χ0v) is 24.1. The smallest absolute Gasteiger partial charge is 0.244 e. The van der Waals surface area contributed by atoms with Crippen LogP contribution < -0.4 is 5.32 Å². The quantitative estimate of drug-likeness (QED) is 0.379. The summed E-state index contributed by atoms with van der Waals surface area (Å²) in [5.41, 5.74) is 6.57. The van der Waals surface area contributed by atoms with Crippen molar-refractivity contribution in [2.24, 2.45) is 0 Å². The van der Waals surface area contributed by atoms with E-state index in [0.717, 1.165) is 63.6 Å². The summed E-state index contributed by atoms with van der Waals surface area (Å²) in [5, 5.41) is 8.45. The number of hydrogen-bond acceptors (Lipinski definition) is 7. The van der Waals surface area contributed by atoms with Crippen LogP contribution in [0.4, 0.5) is 5.13 Å². The van der Waals surface area contributed by atoms with E-state index in [1.54, 1.807) is 30.1 Å². The highest BCUT2D eigenvalue weighted by molar-refractivity contribution is 7.19. The molecule has 4 aromatic rings. The first kappa shape index (κ1) is 26.8. The van der Waals surface area contributed by atoms with Gasteiger partial charge in [-0.15, -0.1) is 0 Å². The SMILES string of the molecule is CC(=O)Nc1nc2c(s1)-c1c(c(-c3cccnc3)nn1-c1ccc(CC(=O)N3CCCC3C(=O)N(C)C)cc1)CC2. The summed E-state index contributed by atoms with van der Waals surface area (Å²) in [6.45, 7) is 2.09. The van der Waals surface area contributed by atoms with Crippen LogP contribution in [0.3, 0.4) is 0 Å². The standard InChI is InChI=1S/C30H31N7O3S/c1-18(38)32-30-33-23-13-12-22-26(20-6-4-14-31-17-20)34-37(27(22)28(23)41-30)21-10-8-19(9-11-21)16-25(39)36-15-5-7-24(36)29(40)35(2)3/h4,6,8-11,14,17,24H,5,7,12-13,15-16H2,1-3H3,(H,32,33,38). The van der Waals surface area contributed by atoms with E-state index in [1.807, 2.05) is 47.3 Å². The van der Waals surface area contributed by atoms with E-state index in [2.05, 4.69) is 15.3 Å². The molecular weight excluding hydrogens is 538 g/mol. The number of aromatic nitrogens is 4. The van der Waals surface area contributed by atoms with Crippen molar-refractivity contribution in [3.05, 3.63) is 65.6 Å². The van der Waals surface area contributed by atoms with Crippen LogP contribution in [0.15, 0.2) is 48.8 Å². The molecule has 0 spiro atoms. The van der Waals surface area contributed by atoms with E-state index in [4.69, 9.17) is 5.10 Å². The van der Waals surface area contributed by atoms with E-state index < -0.39 is 0 Å². The maximum Gasteiger partial charge on any atom is 0.244 e. The number of amides is 3. The van der Waals surface area contributed by atoms with Crippen molar-refractivity contribution in [3.63, 3.8) is 0 Å². The fraction of sp³-hybridized carbons (Fsp3) is 0.333. The maximum absolute atomic E-state index is 13.2. The summed E-state index contributed by atoms with van der Waals surface area (Å²) in [4.78, 5) is 50.7. The second-order valence-corrected chi connectivity index (χ2v) is 11.6. The molecule has 1 aromatic carbocycles. The number of pyridine rings is 1. The number of likely N-dealkylation sites (tertiary alicyclic amines) is 1. The van der Waals surface area contributed by atoms with Crippen LogP contribution in [0.25, 0.3) is 27.5 Å². The van der Waals surface area contributed by atoms with Crippen molar-refractivity contribution >= 4 is 34.2 Å². The Labute approximate surface area is 242 Å². The predicted molar refractivity (Wildman–Crippen MR) is 157 cm³/mol. The molecule has 1 unspecified atom stereocenters. The Bertz CT molecular complexity index is 1630. The number of likely N-dealkylation sites (N-methyl/N-ethyl adjacent to an activating group) is 1. The Morgan fingerprint density at radius 2 is 1.93 bits per heavy atom. The highest BCUT2D eigenvalue weighted by Gasteiger charge is 2.35. The lowest BCUT2D eigenvalue weighted by Crippen LogP contribution is -2.45. The third-order valence-electron chi connectivity index (χ3n) is 7.56. The van der Waals surface area contributed by atoms with Crippen molar-refractivity contribution in [2.75, 3.05) is 26.0 Å². The second-order valence-electron chi connectivity index (χ2n) is 10.6. The molecule has 10 nitrogen and oxygen atoms in total. The number of rotatable bonds is 6. The van der Waals surface area contributed by atoms with Gasteiger partial charge in [-0.2, -0.15) is 5.10 Å². The van der Waals surface area contributed by atoms with Gasteiger partial charge in [0.25, 0.3) is 0 Å². The van der Waals surface area contributed by atoms with Gasteiger partial charge in [0.15, 0.2) is 5.13 Å². The van der Waals surface area contributed by atoms with Crippen LogP contribution >= 0.6 is 11.3 Å². The minimum Gasteiger partial charge on any atom is -0.347 e. The molecule has 4 heterocycles. The Hall–Kier alpha value is -4.38. The van der Waals surface area contributed by atoms with Crippen molar-refractivity contribution < 1.29 is 14.4 Å². The minimum absolute atomic E-state index is 0.0248. The summed E-state index contributed by atoms with van der Waals surface area (Å²) < 4.78 is 1.93. The lowest BCUT2D eigenvalue weighted by molar-refractivity contribution is -0.141. The number of fused-ring (bicyclic) bond motifs is 3. The molecule has 3 aromatic heterocycles. The molecular formula is C30H31N7O3S. The molecule has 0 radical (unpaired) electrons. The van der Waals surface area contributed by atoms with Crippen LogP contribution in [0.2, 0.25) is 0 Å². The lowest BCUT2D eigenvalue weighted by atomic mass is 9.95. The van der Waals surface area contributed by atoms with Gasteiger partial charge in [-0.05, 0) is 55.5 Å². The molecule has 41 heavy (non-hydrogen) atoms. The monoisotopic (exact) mass is 569 g/mol. The number of hydrogen-bond donors (Lipinski definition) is 1. The zero-order valence-electron chi connectivity index (χ0n) is 23.3. The lowest BCUT2D eigenvalue weighted by Gasteiger charge is -2.26. The van der Waals surface area contributed by atoms with Gasteiger partial charge in [0.2, 0.25) is 17.7 Å². The average Bonchev–Trinajstić information content (AvgIpc) is 3.69. The van der Waals surface area contributed by atoms with Gasteiger partial charge in [-0.25, -0.2) is 9.67 Å². The molecule has 1 N–H and O–H groups in total. The van der Waals surface area contributed by atoms with Gasteiger partial charge in [0.1, 0.15) is 6.04 Å². The Morgan fingerprint density at radius 3 is 2.63 bits per heavy atom. The van der Waals surface area contributed by atoms with E-state index in [9.17, 15) is 14.4 Å². The fourth-order valence-electron chi connectivity index (χ4n) is 5.65. The topological polar surface area (TPSA) is 113 Å². The molecule has 210 valence electrons. The Balaban J connectivity index is 1.33. The van der Waals surface area contributed by atoms with Crippen LogP contribution in [0, 0.1) is 0 Å². The number of benzene rings is 1.